The second kappa shape index (κ2) is 21.9. The summed E-state index contributed by atoms with van der Waals surface area (Å²) in [6.07, 6.45) is 20.1. The zero-order valence-corrected chi connectivity index (χ0v) is 30.9. The summed E-state index contributed by atoms with van der Waals surface area (Å²) in [5, 5.41) is 0. The van der Waals surface area contributed by atoms with Crippen LogP contribution < -0.4 is 9.47 Å². The molecule has 2 fully saturated rings. The van der Waals surface area contributed by atoms with E-state index in [0.29, 0.717) is 54.8 Å². The minimum atomic E-state index is -0.889. The van der Waals surface area contributed by atoms with Crippen LogP contribution in [0.2, 0.25) is 0 Å². The molecule has 0 heterocycles. The van der Waals surface area contributed by atoms with Crippen LogP contribution in [0.4, 0.5) is 17.6 Å². The lowest BCUT2D eigenvalue weighted by molar-refractivity contribution is 0.0108. The zero-order valence-electron chi connectivity index (χ0n) is 30.9. The summed E-state index contributed by atoms with van der Waals surface area (Å²) < 4.78 is 79.5. The summed E-state index contributed by atoms with van der Waals surface area (Å²) >= 11 is 0. The largest absolute Gasteiger partial charge is 0.491 e. The number of aryl methyl sites for hydroxylation is 2. The fraction of sp³-hybridized carbons (Fsp3) is 0.714. The average molecular weight is 707 g/mol. The topological polar surface area (TPSA) is 36.9 Å². The fourth-order valence-electron chi connectivity index (χ4n) is 7.58. The third-order valence-electron chi connectivity index (χ3n) is 10.9. The molecule has 0 bridgehead atoms. The van der Waals surface area contributed by atoms with Gasteiger partial charge in [-0.1, -0.05) is 57.6 Å². The van der Waals surface area contributed by atoms with Crippen molar-refractivity contribution >= 4 is 0 Å². The highest BCUT2D eigenvalue weighted by atomic mass is 19.2. The van der Waals surface area contributed by atoms with E-state index in [0.717, 1.165) is 89.8 Å². The quantitative estimate of drug-likeness (QED) is 0.0902. The van der Waals surface area contributed by atoms with E-state index < -0.39 is 23.3 Å². The Bertz CT molecular complexity index is 1260. The van der Waals surface area contributed by atoms with Gasteiger partial charge in [0.1, 0.15) is 0 Å². The molecule has 0 N–H and O–H groups in total. The number of hydrogen-bond donors (Lipinski definition) is 0. The molecule has 282 valence electrons. The molecule has 0 amide bonds. The van der Waals surface area contributed by atoms with Gasteiger partial charge < -0.3 is 18.9 Å². The highest BCUT2D eigenvalue weighted by Gasteiger charge is 2.24. The van der Waals surface area contributed by atoms with Gasteiger partial charge in [-0.2, -0.15) is 8.78 Å². The van der Waals surface area contributed by atoms with Crippen molar-refractivity contribution in [2.24, 2.45) is 17.8 Å². The highest BCUT2D eigenvalue weighted by molar-refractivity contribution is 5.31. The van der Waals surface area contributed by atoms with E-state index in [1.165, 1.54) is 44.6 Å². The van der Waals surface area contributed by atoms with Gasteiger partial charge in [0.05, 0.1) is 25.4 Å². The summed E-state index contributed by atoms with van der Waals surface area (Å²) in [6, 6.07) is 6.27. The predicted molar refractivity (Wildman–Crippen MR) is 192 cm³/mol. The minimum Gasteiger partial charge on any atom is -0.491 e. The first-order valence-corrected chi connectivity index (χ1v) is 19.6. The molecule has 0 radical (unpaired) electrons. The number of rotatable bonds is 22. The van der Waals surface area contributed by atoms with E-state index >= 15 is 0 Å². The molecule has 4 rings (SSSR count). The fourth-order valence-corrected chi connectivity index (χ4v) is 7.58. The summed E-state index contributed by atoms with van der Waals surface area (Å²) in [7, 11) is 0. The van der Waals surface area contributed by atoms with Crippen LogP contribution in [-0.4, -0.2) is 38.6 Å². The smallest absolute Gasteiger partial charge is 0.200 e. The third-order valence-corrected chi connectivity index (χ3v) is 10.9. The third kappa shape index (κ3) is 13.3. The van der Waals surface area contributed by atoms with Crippen LogP contribution in [0.15, 0.2) is 24.3 Å². The lowest BCUT2D eigenvalue weighted by Crippen LogP contribution is -2.25. The normalized spacial score (nSPS) is 21.7. The van der Waals surface area contributed by atoms with Crippen molar-refractivity contribution < 1.29 is 36.5 Å². The summed E-state index contributed by atoms with van der Waals surface area (Å²) in [4.78, 5) is 0. The average Bonchev–Trinajstić information content (AvgIpc) is 3.12. The monoisotopic (exact) mass is 706 g/mol. The van der Waals surface area contributed by atoms with E-state index in [4.69, 9.17) is 18.9 Å². The summed E-state index contributed by atoms with van der Waals surface area (Å²) in [5.74, 6) is -1.70. The molecule has 0 aromatic heterocycles. The van der Waals surface area contributed by atoms with Crippen molar-refractivity contribution in [1.82, 2.24) is 0 Å². The number of halogens is 4. The van der Waals surface area contributed by atoms with E-state index in [-0.39, 0.29) is 11.5 Å². The van der Waals surface area contributed by atoms with Crippen LogP contribution in [0.5, 0.6) is 11.5 Å². The Morgan fingerprint density at radius 1 is 0.620 bits per heavy atom. The van der Waals surface area contributed by atoms with Crippen LogP contribution in [0.3, 0.4) is 0 Å². The number of ether oxygens (including phenoxy) is 4. The maximum Gasteiger partial charge on any atom is 0.200 e. The first kappa shape index (κ1) is 40.5. The van der Waals surface area contributed by atoms with Crippen LogP contribution >= 0.6 is 0 Å². The molecule has 1 unspecified atom stereocenters. The van der Waals surface area contributed by atoms with Gasteiger partial charge in [-0.15, -0.1) is 0 Å². The van der Waals surface area contributed by atoms with Crippen molar-refractivity contribution in [1.29, 1.82) is 0 Å². The minimum absolute atomic E-state index is 0.00675. The molecule has 1 atom stereocenters. The van der Waals surface area contributed by atoms with Crippen molar-refractivity contribution in [3.05, 3.63) is 58.7 Å². The number of benzene rings is 2. The second-order valence-corrected chi connectivity index (χ2v) is 15.0. The molecular weight excluding hydrogens is 644 g/mol. The van der Waals surface area contributed by atoms with E-state index in [1.807, 2.05) is 0 Å². The van der Waals surface area contributed by atoms with Gasteiger partial charge in [0, 0.05) is 13.2 Å². The second-order valence-electron chi connectivity index (χ2n) is 15.0. The molecule has 4 nitrogen and oxygen atoms in total. The molecule has 2 saturated carbocycles. The zero-order chi connectivity index (χ0) is 35.7. The molecule has 2 aromatic rings. The molecule has 0 saturated heterocycles. The summed E-state index contributed by atoms with van der Waals surface area (Å²) in [5.41, 5.74) is 0.734. The standard InChI is InChI=1S/C42H62F4O4/c1-4-47-37-26-20-34(40(44)42(37)46)19-14-32-15-21-35(22-16-32)48-27-9-5-7-11-30(2)12-8-6-10-28-49-36-23-17-33(18-24-36)29-50-38-25-13-31(3)39(43)41(38)45/h13,20,25-26,30,32-33,35-36H,4-12,14-19,21-24,27-29H2,1-3H3. The van der Waals surface area contributed by atoms with Crippen molar-refractivity contribution in [3.8, 4) is 11.5 Å². The maximum absolute atomic E-state index is 14.4. The van der Waals surface area contributed by atoms with Gasteiger partial charge in [-0.3, -0.25) is 0 Å². The number of unbranched alkanes of at least 4 members (excludes halogenated alkanes) is 4. The number of hydrogen-bond acceptors (Lipinski definition) is 4. The van der Waals surface area contributed by atoms with Crippen LogP contribution in [0, 0.1) is 47.9 Å². The van der Waals surface area contributed by atoms with Crippen molar-refractivity contribution in [2.45, 2.75) is 149 Å². The van der Waals surface area contributed by atoms with E-state index in [2.05, 4.69) is 6.92 Å². The van der Waals surface area contributed by atoms with Crippen molar-refractivity contribution in [3.63, 3.8) is 0 Å². The van der Waals surface area contributed by atoms with Crippen LogP contribution in [0.25, 0.3) is 0 Å². The Kier molecular flexibility index (Phi) is 17.7. The lowest BCUT2D eigenvalue weighted by atomic mass is 9.83. The highest BCUT2D eigenvalue weighted by Crippen LogP contribution is 2.32. The predicted octanol–water partition coefficient (Wildman–Crippen LogP) is 11.9. The van der Waals surface area contributed by atoms with Gasteiger partial charge in [-0.25, -0.2) is 8.78 Å². The van der Waals surface area contributed by atoms with Gasteiger partial charge in [0.2, 0.25) is 11.6 Å². The molecule has 2 aromatic carbocycles. The Balaban J connectivity index is 0.922. The summed E-state index contributed by atoms with van der Waals surface area (Å²) in [6.45, 7) is 8.08. The molecule has 2 aliphatic rings. The SMILES string of the molecule is CCOc1ccc(CCC2CCC(OCCCCCC(C)CCCCCOC3CCC(COc4ccc(C)c(F)c4F)CC3)CC2)c(F)c1F. The van der Waals surface area contributed by atoms with Gasteiger partial charge >= 0.3 is 0 Å². The van der Waals surface area contributed by atoms with E-state index in [1.54, 1.807) is 32.0 Å². The van der Waals surface area contributed by atoms with E-state index in [9.17, 15) is 17.6 Å². The Hall–Kier alpha value is -2.32. The molecular formula is C42H62F4O4. The molecule has 0 aliphatic heterocycles. The van der Waals surface area contributed by atoms with Gasteiger partial charge in [0.15, 0.2) is 23.1 Å². The molecule has 50 heavy (non-hydrogen) atoms. The van der Waals surface area contributed by atoms with Gasteiger partial charge in [-0.05, 0) is 132 Å². The molecule has 2 aliphatic carbocycles. The maximum atomic E-state index is 14.4. The Morgan fingerprint density at radius 2 is 1.16 bits per heavy atom. The van der Waals surface area contributed by atoms with Crippen LogP contribution in [-0.2, 0) is 15.9 Å². The Labute approximate surface area is 299 Å². The Morgan fingerprint density at radius 3 is 1.76 bits per heavy atom. The van der Waals surface area contributed by atoms with Gasteiger partial charge in [0.25, 0.3) is 0 Å². The molecule has 0 spiro atoms. The lowest BCUT2D eigenvalue weighted by Gasteiger charge is -2.28. The first-order valence-electron chi connectivity index (χ1n) is 19.6. The first-order chi connectivity index (χ1) is 24.2. The van der Waals surface area contributed by atoms with Crippen molar-refractivity contribution in [2.75, 3.05) is 26.4 Å². The molecule has 8 heteroatoms. The van der Waals surface area contributed by atoms with Crippen LogP contribution in [0.1, 0.15) is 134 Å².